The molecule has 1 aromatic carbocycles. The van der Waals surface area contributed by atoms with Crippen LogP contribution >= 0.6 is 0 Å². The Bertz CT molecular complexity index is 464. The third-order valence-electron chi connectivity index (χ3n) is 2.32. The monoisotopic (exact) mass is 210 g/mol. The van der Waals surface area contributed by atoms with E-state index in [0.717, 1.165) is 11.3 Å². The zero-order valence-corrected chi connectivity index (χ0v) is 9.10. The van der Waals surface area contributed by atoms with Crippen LogP contribution in [-0.4, -0.2) is 6.61 Å². The van der Waals surface area contributed by atoms with E-state index in [1.807, 2.05) is 36.4 Å². The van der Waals surface area contributed by atoms with Gasteiger partial charge in [-0.2, -0.15) is 0 Å². The van der Waals surface area contributed by atoms with Gasteiger partial charge < -0.3 is 4.74 Å². The van der Waals surface area contributed by atoms with Gasteiger partial charge in [0.25, 0.3) is 0 Å². The average Bonchev–Trinajstić information content (AvgIpc) is 2.34. The van der Waals surface area contributed by atoms with Crippen molar-refractivity contribution in [1.29, 1.82) is 0 Å². The van der Waals surface area contributed by atoms with Crippen molar-refractivity contribution < 1.29 is 4.74 Å². The molecule has 16 heavy (non-hydrogen) atoms. The molecule has 0 spiro atoms. The Kier molecular flexibility index (Phi) is 3.39. The molecule has 1 nitrogen and oxygen atoms in total. The van der Waals surface area contributed by atoms with Gasteiger partial charge in [0.15, 0.2) is 0 Å². The van der Waals surface area contributed by atoms with Gasteiger partial charge in [0.2, 0.25) is 0 Å². The van der Waals surface area contributed by atoms with Crippen LogP contribution in [-0.2, 0) is 0 Å². The average molecular weight is 210 g/mol. The minimum absolute atomic E-state index is 0.634. The van der Waals surface area contributed by atoms with E-state index in [2.05, 4.69) is 24.8 Å². The Morgan fingerprint density at radius 3 is 2.88 bits per heavy atom. The van der Waals surface area contributed by atoms with Crippen LogP contribution in [0.5, 0.6) is 5.75 Å². The van der Waals surface area contributed by atoms with Crippen LogP contribution in [0, 0.1) is 0 Å². The molecule has 0 aromatic heterocycles. The fraction of sp³-hybridized carbons (Fsp3) is 0.0667. The van der Waals surface area contributed by atoms with Gasteiger partial charge in [0.1, 0.15) is 12.4 Å². The van der Waals surface area contributed by atoms with Gasteiger partial charge in [-0.3, -0.25) is 0 Å². The first-order valence-electron chi connectivity index (χ1n) is 5.28. The number of para-hydroxylation sites is 1. The first kappa shape index (κ1) is 10.5. The van der Waals surface area contributed by atoms with Crippen molar-refractivity contribution in [3.8, 4) is 5.75 Å². The van der Waals surface area contributed by atoms with E-state index in [9.17, 15) is 0 Å². The van der Waals surface area contributed by atoms with E-state index in [1.54, 1.807) is 6.08 Å². The molecule has 0 radical (unpaired) electrons. The van der Waals surface area contributed by atoms with Crippen molar-refractivity contribution in [3.63, 3.8) is 0 Å². The molecule has 0 fully saturated rings. The van der Waals surface area contributed by atoms with E-state index in [1.165, 1.54) is 5.57 Å². The maximum Gasteiger partial charge on any atom is 0.127 e. The van der Waals surface area contributed by atoms with Crippen LogP contribution in [0.25, 0.3) is 6.08 Å². The molecule has 0 saturated carbocycles. The van der Waals surface area contributed by atoms with Crippen LogP contribution in [0.1, 0.15) is 5.56 Å². The SMILES string of the molecule is C=CC=CC=CC1=Cc2ccccc2OC1. The number of benzene rings is 1. The van der Waals surface area contributed by atoms with Gasteiger partial charge in [0, 0.05) is 5.56 Å². The Morgan fingerprint density at radius 2 is 2.00 bits per heavy atom. The molecule has 0 bridgehead atoms. The minimum Gasteiger partial charge on any atom is -0.488 e. The molecule has 80 valence electrons. The Morgan fingerprint density at radius 1 is 1.12 bits per heavy atom. The lowest BCUT2D eigenvalue weighted by Gasteiger charge is -2.15. The Labute approximate surface area is 96.1 Å². The lowest BCUT2D eigenvalue weighted by molar-refractivity contribution is 0.351. The van der Waals surface area contributed by atoms with Crippen LogP contribution in [0.2, 0.25) is 0 Å². The second-order valence-electron chi connectivity index (χ2n) is 3.53. The summed E-state index contributed by atoms with van der Waals surface area (Å²) in [5, 5.41) is 0. The van der Waals surface area contributed by atoms with Crippen LogP contribution in [0.3, 0.4) is 0 Å². The molecular formula is C15H14O. The lowest BCUT2D eigenvalue weighted by Crippen LogP contribution is -2.05. The van der Waals surface area contributed by atoms with Gasteiger partial charge in [0.05, 0.1) is 0 Å². The normalized spacial score (nSPS) is 14.6. The largest absolute Gasteiger partial charge is 0.488 e. The highest BCUT2D eigenvalue weighted by Gasteiger charge is 2.07. The van der Waals surface area contributed by atoms with Gasteiger partial charge in [-0.1, -0.05) is 55.2 Å². The summed E-state index contributed by atoms with van der Waals surface area (Å²) in [5.74, 6) is 0.960. The molecule has 0 amide bonds. The van der Waals surface area contributed by atoms with E-state index < -0.39 is 0 Å². The first-order chi connectivity index (χ1) is 7.90. The summed E-state index contributed by atoms with van der Waals surface area (Å²) >= 11 is 0. The van der Waals surface area contributed by atoms with Crippen molar-refractivity contribution in [3.05, 3.63) is 72.4 Å². The zero-order valence-electron chi connectivity index (χ0n) is 9.10. The van der Waals surface area contributed by atoms with Crippen molar-refractivity contribution in [2.45, 2.75) is 0 Å². The summed E-state index contributed by atoms with van der Waals surface area (Å²) < 4.78 is 5.63. The molecule has 0 saturated heterocycles. The number of hydrogen-bond donors (Lipinski definition) is 0. The summed E-state index contributed by atoms with van der Waals surface area (Å²) in [5.41, 5.74) is 2.31. The number of fused-ring (bicyclic) bond motifs is 1. The molecule has 0 N–H and O–H groups in total. The van der Waals surface area contributed by atoms with Crippen LogP contribution < -0.4 is 4.74 Å². The molecule has 0 aliphatic carbocycles. The molecule has 1 aromatic rings. The summed E-state index contributed by atoms with van der Waals surface area (Å²) in [6.45, 7) is 4.25. The van der Waals surface area contributed by atoms with Gasteiger partial charge in [-0.05, 0) is 17.7 Å². The van der Waals surface area contributed by atoms with Crippen molar-refractivity contribution in [2.24, 2.45) is 0 Å². The molecular weight excluding hydrogens is 196 g/mol. The predicted octanol–water partition coefficient (Wildman–Crippen LogP) is 3.76. The van der Waals surface area contributed by atoms with Crippen molar-refractivity contribution in [2.75, 3.05) is 6.61 Å². The summed E-state index contributed by atoms with van der Waals surface area (Å²) in [4.78, 5) is 0. The van der Waals surface area contributed by atoms with Crippen LogP contribution in [0.4, 0.5) is 0 Å². The van der Waals surface area contributed by atoms with E-state index in [-0.39, 0.29) is 0 Å². The molecule has 0 unspecified atom stereocenters. The second-order valence-corrected chi connectivity index (χ2v) is 3.53. The maximum absolute atomic E-state index is 5.63. The van der Waals surface area contributed by atoms with Crippen LogP contribution in [0.15, 0.2) is 66.8 Å². The van der Waals surface area contributed by atoms with Crippen molar-refractivity contribution >= 4 is 6.08 Å². The topological polar surface area (TPSA) is 9.23 Å². The number of rotatable bonds is 3. The number of hydrogen-bond acceptors (Lipinski definition) is 1. The molecule has 1 heteroatoms. The van der Waals surface area contributed by atoms with E-state index in [0.29, 0.717) is 6.61 Å². The predicted molar refractivity (Wildman–Crippen MR) is 68.4 cm³/mol. The Balaban J connectivity index is 2.15. The summed E-state index contributed by atoms with van der Waals surface area (Å²) in [7, 11) is 0. The summed E-state index contributed by atoms with van der Waals surface area (Å²) in [6, 6.07) is 8.05. The molecule has 1 aliphatic heterocycles. The zero-order chi connectivity index (χ0) is 11.2. The quantitative estimate of drug-likeness (QED) is 0.690. The molecule has 1 aliphatic rings. The van der Waals surface area contributed by atoms with E-state index >= 15 is 0 Å². The third-order valence-corrected chi connectivity index (χ3v) is 2.32. The van der Waals surface area contributed by atoms with Gasteiger partial charge in [-0.25, -0.2) is 0 Å². The summed E-state index contributed by atoms with van der Waals surface area (Å²) in [6.07, 6.45) is 11.8. The third kappa shape index (κ3) is 2.51. The lowest BCUT2D eigenvalue weighted by atomic mass is 10.1. The van der Waals surface area contributed by atoms with Crippen molar-refractivity contribution in [1.82, 2.24) is 0 Å². The molecule has 2 rings (SSSR count). The highest BCUT2D eigenvalue weighted by molar-refractivity contribution is 5.64. The van der Waals surface area contributed by atoms with E-state index in [4.69, 9.17) is 4.74 Å². The first-order valence-corrected chi connectivity index (χ1v) is 5.28. The smallest absolute Gasteiger partial charge is 0.127 e. The van der Waals surface area contributed by atoms with Gasteiger partial charge in [-0.15, -0.1) is 0 Å². The Hall–Kier alpha value is -2.02. The van der Waals surface area contributed by atoms with Gasteiger partial charge >= 0.3 is 0 Å². The maximum atomic E-state index is 5.63. The molecule has 0 atom stereocenters. The number of allylic oxidation sites excluding steroid dienone is 4. The highest BCUT2D eigenvalue weighted by atomic mass is 16.5. The fourth-order valence-electron chi connectivity index (χ4n) is 1.55. The standard InChI is InChI=1S/C15H14O/c1-2-3-4-5-8-13-11-14-9-6-7-10-15(14)16-12-13/h2-11H,1,12H2. The minimum atomic E-state index is 0.634. The fourth-order valence-corrected chi connectivity index (χ4v) is 1.55. The highest BCUT2D eigenvalue weighted by Crippen LogP contribution is 2.25. The number of ether oxygens (including phenoxy) is 1. The second kappa shape index (κ2) is 5.17. The molecule has 1 heterocycles.